The van der Waals surface area contributed by atoms with Gasteiger partial charge < -0.3 is 9.47 Å². The maximum atomic E-state index is 12.9. The lowest BCUT2D eigenvalue weighted by atomic mass is 9.96. The molecule has 10 nitrogen and oxygen atoms in total. The van der Waals surface area contributed by atoms with E-state index in [9.17, 15) is 18.0 Å². The highest BCUT2D eigenvalue weighted by atomic mass is 32.2. The Labute approximate surface area is 207 Å². The van der Waals surface area contributed by atoms with E-state index in [4.69, 9.17) is 9.47 Å². The normalized spacial score (nSPS) is 24.9. The monoisotopic (exact) mass is 508 g/mol. The molecular weight excluding hydrogens is 472 g/mol. The smallest absolute Gasteiger partial charge is 0.414 e. The number of nitrogens with one attached hydrogen (secondary N) is 1. The number of amides is 2. The maximum absolute atomic E-state index is 12.9. The lowest BCUT2D eigenvalue weighted by molar-refractivity contribution is 0.121. The number of hydrogen-bond acceptors (Lipinski definition) is 8. The van der Waals surface area contributed by atoms with Gasteiger partial charge in [0.2, 0.25) is 0 Å². The van der Waals surface area contributed by atoms with E-state index in [1.165, 1.54) is 7.11 Å². The molecule has 1 aromatic rings. The molecule has 1 aromatic carbocycles. The molecule has 35 heavy (non-hydrogen) atoms. The topological polar surface area (TPSA) is 108 Å². The number of rotatable bonds is 4. The second kappa shape index (κ2) is 10.3. The molecule has 4 rings (SSSR count). The second-order valence-corrected chi connectivity index (χ2v) is 12.3. The summed E-state index contributed by atoms with van der Waals surface area (Å²) in [6.07, 6.45) is 0.252. The fourth-order valence-corrected chi connectivity index (χ4v) is 6.73. The number of ether oxygens (including phenoxy) is 2. The summed E-state index contributed by atoms with van der Waals surface area (Å²) >= 11 is 0. The zero-order valence-corrected chi connectivity index (χ0v) is 21.7. The molecule has 2 amide bonds. The summed E-state index contributed by atoms with van der Waals surface area (Å²) < 4.78 is 33.9. The maximum Gasteiger partial charge on any atom is 0.414 e. The molecule has 0 bridgehead atoms. The van der Waals surface area contributed by atoms with Gasteiger partial charge in [0.15, 0.2) is 0 Å². The third kappa shape index (κ3) is 5.73. The molecule has 0 saturated carbocycles. The summed E-state index contributed by atoms with van der Waals surface area (Å²) in [6.45, 7) is 8.15. The van der Waals surface area contributed by atoms with Crippen LogP contribution in [0.2, 0.25) is 0 Å². The number of methoxy groups -OCH3 is 1. The van der Waals surface area contributed by atoms with E-state index in [-0.39, 0.29) is 29.6 Å². The summed E-state index contributed by atoms with van der Waals surface area (Å²) in [5.41, 5.74) is 5.76. The van der Waals surface area contributed by atoms with Gasteiger partial charge in [-0.1, -0.05) is 6.07 Å². The molecule has 11 heteroatoms. The van der Waals surface area contributed by atoms with Crippen LogP contribution in [0.1, 0.15) is 45.1 Å². The molecule has 3 heterocycles. The van der Waals surface area contributed by atoms with Crippen LogP contribution in [0.4, 0.5) is 21.0 Å². The van der Waals surface area contributed by atoms with Crippen molar-refractivity contribution in [1.29, 1.82) is 0 Å². The Kier molecular flexibility index (Phi) is 7.58. The van der Waals surface area contributed by atoms with Crippen LogP contribution in [0, 0.1) is 5.92 Å². The molecule has 0 aliphatic carbocycles. The first-order valence-electron chi connectivity index (χ1n) is 12.3. The predicted molar refractivity (Wildman–Crippen MR) is 133 cm³/mol. The number of fused-ring (bicyclic) bond motifs is 1. The van der Waals surface area contributed by atoms with E-state index in [0.29, 0.717) is 36.7 Å². The van der Waals surface area contributed by atoms with Gasteiger partial charge in [0.25, 0.3) is 0 Å². The molecule has 3 aliphatic heterocycles. The minimum atomic E-state index is -2.87. The Morgan fingerprint density at radius 2 is 1.83 bits per heavy atom. The molecular formula is C24H36N4O6S. The van der Waals surface area contributed by atoms with Gasteiger partial charge in [-0.15, -0.1) is 0 Å². The summed E-state index contributed by atoms with van der Waals surface area (Å²) in [7, 11) is -1.52. The Morgan fingerprint density at radius 3 is 2.49 bits per heavy atom. The van der Waals surface area contributed by atoms with Crippen molar-refractivity contribution in [3.63, 3.8) is 0 Å². The highest BCUT2D eigenvalue weighted by Gasteiger charge is 2.37. The number of carbonyl (C=O) groups excluding carboxylic acids is 2. The van der Waals surface area contributed by atoms with Gasteiger partial charge in [0, 0.05) is 25.6 Å². The highest BCUT2D eigenvalue weighted by Crippen LogP contribution is 2.39. The number of carbonyl (C=O) groups is 2. The van der Waals surface area contributed by atoms with Crippen molar-refractivity contribution < 1.29 is 27.5 Å². The Hall–Kier alpha value is -2.37. The lowest BCUT2D eigenvalue weighted by Gasteiger charge is -2.40. The average molecular weight is 509 g/mol. The number of anilines is 2. The van der Waals surface area contributed by atoms with Crippen molar-refractivity contribution >= 4 is 33.4 Å². The van der Waals surface area contributed by atoms with E-state index in [2.05, 4.69) is 10.4 Å². The first-order chi connectivity index (χ1) is 16.6. The van der Waals surface area contributed by atoms with E-state index in [1.54, 1.807) is 9.80 Å². The lowest BCUT2D eigenvalue weighted by Crippen LogP contribution is -2.52. The van der Waals surface area contributed by atoms with Gasteiger partial charge in [0.05, 0.1) is 48.7 Å². The van der Waals surface area contributed by atoms with Gasteiger partial charge in [-0.2, -0.15) is 0 Å². The van der Waals surface area contributed by atoms with Crippen LogP contribution in [0.3, 0.4) is 0 Å². The van der Waals surface area contributed by atoms with Crippen molar-refractivity contribution in [3.8, 4) is 0 Å². The van der Waals surface area contributed by atoms with Gasteiger partial charge in [-0.3, -0.25) is 15.2 Å². The standard InChI is InChI=1S/C24H36N4O6S/c1-16(2)34-23(29)27-13-17(3)28(24(30)33-4)21-6-5-19(11-22(21)27)20-12-25-26(15-20)14-18-7-9-35(31,32)10-8-18/h5-6,11,16-18,20,25H,7-10,12-15H2,1-4H3/t17-,20?/m0/s1. The zero-order valence-electron chi connectivity index (χ0n) is 20.9. The molecule has 2 saturated heterocycles. The van der Waals surface area contributed by atoms with Crippen molar-refractivity contribution in [2.24, 2.45) is 5.92 Å². The number of hydrogen-bond donors (Lipinski definition) is 1. The Bertz CT molecular complexity index is 1050. The molecule has 3 aliphatic rings. The van der Waals surface area contributed by atoms with Gasteiger partial charge in [0.1, 0.15) is 9.84 Å². The third-order valence-corrected chi connectivity index (χ3v) is 8.71. The van der Waals surface area contributed by atoms with Gasteiger partial charge in [-0.05, 0) is 57.2 Å². The first-order valence-corrected chi connectivity index (χ1v) is 14.1. The third-order valence-electron chi connectivity index (χ3n) is 6.99. The molecule has 1 N–H and O–H groups in total. The minimum Gasteiger partial charge on any atom is -0.452 e. The molecule has 1 unspecified atom stereocenters. The Balaban J connectivity index is 1.53. The largest absolute Gasteiger partial charge is 0.452 e. The zero-order chi connectivity index (χ0) is 25.3. The average Bonchev–Trinajstić information content (AvgIpc) is 3.27. The van der Waals surface area contributed by atoms with E-state index in [0.717, 1.165) is 25.2 Å². The van der Waals surface area contributed by atoms with Gasteiger partial charge in [-0.25, -0.2) is 23.0 Å². The van der Waals surface area contributed by atoms with Crippen molar-refractivity contribution in [1.82, 2.24) is 10.4 Å². The van der Waals surface area contributed by atoms with E-state index >= 15 is 0 Å². The van der Waals surface area contributed by atoms with Crippen LogP contribution >= 0.6 is 0 Å². The summed E-state index contributed by atoms with van der Waals surface area (Å²) in [5, 5.41) is 2.18. The van der Waals surface area contributed by atoms with Crippen LogP contribution < -0.4 is 15.2 Å². The molecule has 2 fully saturated rings. The highest BCUT2D eigenvalue weighted by molar-refractivity contribution is 7.91. The molecule has 0 spiro atoms. The minimum absolute atomic E-state index is 0.196. The van der Waals surface area contributed by atoms with Crippen molar-refractivity contribution in [2.75, 3.05) is 54.6 Å². The van der Waals surface area contributed by atoms with Crippen molar-refractivity contribution in [2.45, 2.75) is 51.7 Å². The van der Waals surface area contributed by atoms with Crippen LogP contribution in [0.5, 0.6) is 0 Å². The fourth-order valence-electron chi connectivity index (χ4n) is 5.14. The SMILES string of the molecule is COC(=O)N1c2ccc(C3CNN(CC4CCS(=O)(=O)CC4)C3)cc2N(C(=O)OC(C)C)C[C@@H]1C. The summed E-state index contributed by atoms with van der Waals surface area (Å²) in [4.78, 5) is 28.6. The van der Waals surface area contributed by atoms with Crippen LogP contribution in [0.25, 0.3) is 0 Å². The van der Waals surface area contributed by atoms with Crippen LogP contribution in [0.15, 0.2) is 18.2 Å². The molecule has 2 atom stereocenters. The molecule has 0 aromatic heterocycles. The number of sulfone groups is 1. The summed E-state index contributed by atoms with van der Waals surface area (Å²) in [6, 6.07) is 5.58. The van der Waals surface area contributed by atoms with Crippen LogP contribution in [-0.4, -0.2) is 82.6 Å². The van der Waals surface area contributed by atoms with E-state index < -0.39 is 22.0 Å². The number of hydrazine groups is 1. The van der Waals surface area contributed by atoms with Crippen molar-refractivity contribution in [3.05, 3.63) is 23.8 Å². The van der Waals surface area contributed by atoms with E-state index in [1.807, 2.05) is 39.0 Å². The Morgan fingerprint density at radius 1 is 1.11 bits per heavy atom. The fraction of sp³-hybridized carbons (Fsp3) is 0.667. The number of benzene rings is 1. The van der Waals surface area contributed by atoms with Crippen LogP contribution in [-0.2, 0) is 19.3 Å². The molecule has 0 radical (unpaired) electrons. The number of nitrogens with zero attached hydrogens (tertiary/aromatic N) is 3. The quantitative estimate of drug-likeness (QED) is 0.662. The summed E-state index contributed by atoms with van der Waals surface area (Å²) in [5.74, 6) is 1.11. The first kappa shape index (κ1) is 25.7. The predicted octanol–water partition coefficient (Wildman–Crippen LogP) is 2.74. The second-order valence-electron chi connectivity index (χ2n) is 10.0. The molecule has 194 valence electrons. The van der Waals surface area contributed by atoms with Gasteiger partial charge >= 0.3 is 12.2 Å².